The average Bonchev–Trinajstić information content (AvgIpc) is 2.87. The molecule has 0 aliphatic carbocycles. The Morgan fingerprint density at radius 1 is 1.26 bits per heavy atom. The van der Waals surface area contributed by atoms with E-state index in [2.05, 4.69) is 19.2 Å². The second-order valence-corrected chi connectivity index (χ2v) is 6.05. The van der Waals surface area contributed by atoms with Crippen molar-refractivity contribution in [2.45, 2.75) is 19.9 Å². The van der Waals surface area contributed by atoms with Crippen LogP contribution in [-0.2, 0) is 0 Å². The number of aliphatic imine (C=N–C) groups is 1. The van der Waals surface area contributed by atoms with Crippen LogP contribution < -0.4 is 14.8 Å². The second-order valence-electron chi connectivity index (χ2n) is 5.04. The van der Waals surface area contributed by atoms with Crippen molar-refractivity contribution in [1.29, 1.82) is 0 Å². The molecule has 0 amide bonds. The predicted molar refractivity (Wildman–Crippen MR) is 79.6 cm³/mol. The Balaban J connectivity index is 1.72. The van der Waals surface area contributed by atoms with Gasteiger partial charge in [0.05, 0.1) is 6.04 Å². The number of fused-ring (bicyclic) bond motifs is 1. The zero-order chi connectivity index (χ0) is 13.2. The fraction of sp³-hybridized carbons (Fsp3) is 0.500. The molecule has 0 bridgehead atoms. The van der Waals surface area contributed by atoms with Crippen LogP contribution in [0.25, 0.3) is 0 Å². The van der Waals surface area contributed by atoms with Gasteiger partial charge in [0.15, 0.2) is 16.7 Å². The number of nitrogens with zero attached hydrogens (tertiary/aromatic N) is 1. The van der Waals surface area contributed by atoms with Crippen LogP contribution in [0.5, 0.6) is 11.5 Å². The van der Waals surface area contributed by atoms with Gasteiger partial charge in [0.2, 0.25) is 0 Å². The van der Waals surface area contributed by atoms with Gasteiger partial charge in [0.25, 0.3) is 0 Å². The first-order chi connectivity index (χ1) is 9.22. The predicted octanol–water partition coefficient (Wildman–Crippen LogP) is 3.00. The molecule has 4 nitrogen and oxygen atoms in total. The van der Waals surface area contributed by atoms with Crippen LogP contribution in [0, 0.1) is 5.92 Å². The smallest absolute Gasteiger partial charge is 0.163 e. The first-order valence-electron chi connectivity index (χ1n) is 6.59. The number of hydrogen-bond donors (Lipinski definition) is 1. The molecule has 2 aliphatic heterocycles. The number of hydrogen-bond acceptors (Lipinski definition) is 5. The molecule has 1 atom stereocenters. The zero-order valence-corrected chi connectivity index (χ0v) is 12.0. The summed E-state index contributed by atoms with van der Waals surface area (Å²) in [6.45, 7) is 5.66. The van der Waals surface area contributed by atoms with E-state index in [9.17, 15) is 0 Å². The number of benzene rings is 1. The van der Waals surface area contributed by atoms with Crippen molar-refractivity contribution in [1.82, 2.24) is 0 Å². The molecule has 1 N–H and O–H groups in total. The maximum absolute atomic E-state index is 5.58. The third kappa shape index (κ3) is 2.81. The normalized spacial score (nSPS) is 21.4. The summed E-state index contributed by atoms with van der Waals surface area (Å²) >= 11 is 1.78. The molecule has 1 aromatic carbocycles. The zero-order valence-electron chi connectivity index (χ0n) is 11.2. The maximum atomic E-state index is 5.58. The van der Waals surface area contributed by atoms with Gasteiger partial charge in [0, 0.05) is 17.5 Å². The van der Waals surface area contributed by atoms with E-state index in [4.69, 9.17) is 14.5 Å². The van der Waals surface area contributed by atoms with Gasteiger partial charge in [0.1, 0.15) is 13.2 Å². The van der Waals surface area contributed by atoms with Crippen molar-refractivity contribution in [3.05, 3.63) is 18.2 Å². The standard InChI is InChI=1S/C14H18N2O2S/c1-9(2)11-8-19-14(16-11)15-10-3-4-12-13(7-10)18-6-5-17-12/h3-4,7,9,11H,5-6,8H2,1-2H3,(H,15,16). The van der Waals surface area contributed by atoms with Crippen LogP contribution in [0.1, 0.15) is 13.8 Å². The molecular formula is C14H18N2O2S. The molecule has 0 fully saturated rings. The van der Waals surface area contributed by atoms with Crippen molar-refractivity contribution >= 4 is 22.6 Å². The van der Waals surface area contributed by atoms with E-state index in [-0.39, 0.29) is 0 Å². The van der Waals surface area contributed by atoms with Gasteiger partial charge >= 0.3 is 0 Å². The summed E-state index contributed by atoms with van der Waals surface area (Å²) in [4.78, 5) is 4.69. The van der Waals surface area contributed by atoms with Crippen molar-refractivity contribution in [3.63, 3.8) is 0 Å². The summed E-state index contributed by atoms with van der Waals surface area (Å²) in [6.07, 6.45) is 0. The minimum absolute atomic E-state index is 0.421. The third-order valence-electron chi connectivity index (χ3n) is 3.24. The summed E-state index contributed by atoms with van der Waals surface area (Å²) in [5.41, 5.74) is 1.000. The van der Waals surface area contributed by atoms with E-state index in [1.165, 1.54) is 0 Å². The number of rotatable bonds is 2. The first kappa shape index (κ1) is 12.7. The van der Waals surface area contributed by atoms with Gasteiger partial charge in [-0.2, -0.15) is 0 Å². The number of amidine groups is 1. The van der Waals surface area contributed by atoms with Crippen LogP contribution in [0.2, 0.25) is 0 Å². The summed E-state index contributed by atoms with van der Waals surface area (Å²) in [5.74, 6) is 3.27. The minimum atomic E-state index is 0.421. The Bertz CT molecular complexity index is 502. The SMILES string of the molecule is CC(C)C1CSC(Nc2ccc3c(c2)OCCO3)=N1. The van der Waals surface area contributed by atoms with Crippen molar-refractivity contribution in [2.24, 2.45) is 10.9 Å². The Labute approximate surface area is 117 Å². The third-order valence-corrected chi connectivity index (χ3v) is 4.23. The van der Waals surface area contributed by atoms with E-state index in [1.807, 2.05) is 18.2 Å². The average molecular weight is 278 g/mol. The van der Waals surface area contributed by atoms with E-state index in [0.717, 1.165) is 28.1 Å². The van der Waals surface area contributed by atoms with Gasteiger partial charge < -0.3 is 14.8 Å². The number of thioether (sulfide) groups is 1. The van der Waals surface area contributed by atoms with Gasteiger partial charge in [-0.3, -0.25) is 4.99 Å². The van der Waals surface area contributed by atoms with Gasteiger partial charge in [-0.25, -0.2) is 0 Å². The monoisotopic (exact) mass is 278 g/mol. The Morgan fingerprint density at radius 2 is 2.05 bits per heavy atom. The highest BCUT2D eigenvalue weighted by atomic mass is 32.2. The second kappa shape index (κ2) is 5.33. The molecule has 3 rings (SSSR count). The lowest BCUT2D eigenvalue weighted by Gasteiger charge is -2.19. The van der Waals surface area contributed by atoms with Crippen LogP contribution >= 0.6 is 11.8 Å². The van der Waals surface area contributed by atoms with Crippen molar-refractivity contribution < 1.29 is 9.47 Å². The van der Waals surface area contributed by atoms with Crippen LogP contribution in [0.3, 0.4) is 0 Å². The largest absolute Gasteiger partial charge is 0.486 e. The fourth-order valence-electron chi connectivity index (χ4n) is 2.04. The molecule has 1 unspecified atom stereocenters. The molecular weight excluding hydrogens is 260 g/mol. The number of nitrogens with one attached hydrogen (secondary N) is 1. The molecule has 0 radical (unpaired) electrons. The molecule has 19 heavy (non-hydrogen) atoms. The first-order valence-corrected chi connectivity index (χ1v) is 7.58. The van der Waals surface area contributed by atoms with E-state index in [1.54, 1.807) is 11.8 Å². The molecule has 1 aromatic rings. The van der Waals surface area contributed by atoms with E-state index >= 15 is 0 Å². The van der Waals surface area contributed by atoms with Crippen LogP contribution in [-0.4, -0.2) is 30.2 Å². The van der Waals surface area contributed by atoms with Crippen LogP contribution in [0.15, 0.2) is 23.2 Å². The molecule has 0 spiro atoms. The highest BCUT2D eigenvalue weighted by Crippen LogP contribution is 2.33. The molecule has 102 valence electrons. The topological polar surface area (TPSA) is 42.8 Å². The molecule has 2 heterocycles. The Hall–Kier alpha value is -1.36. The van der Waals surface area contributed by atoms with Gasteiger partial charge in [-0.15, -0.1) is 0 Å². The van der Waals surface area contributed by atoms with E-state index < -0.39 is 0 Å². The maximum Gasteiger partial charge on any atom is 0.163 e. The summed E-state index contributed by atoms with van der Waals surface area (Å²) < 4.78 is 11.1. The lowest BCUT2D eigenvalue weighted by atomic mass is 10.1. The summed E-state index contributed by atoms with van der Waals surface area (Å²) in [6, 6.07) is 6.33. The molecule has 0 saturated carbocycles. The van der Waals surface area contributed by atoms with Crippen molar-refractivity contribution in [2.75, 3.05) is 24.3 Å². The molecule has 0 aromatic heterocycles. The summed E-state index contributed by atoms with van der Waals surface area (Å²) in [5, 5.41) is 4.35. The highest BCUT2D eigenvalue weighted by Gasteiger charge is 2.21. The lowest BCUT2D eigenvalue weighted by molar-refractivity contribution is 0.171. The number of anilines is 1. The van der Waals surface area contributed by atoms with Crippen molar-refractivity contribution in [3.8, 4) is 11.5 Å². The van der Waals surface area contributed by atoms with Gasteiger partial charge in [-0.05, 0) is 18.1 Å². The minimum Gasteiger partial charge on any atom is -0.486 e. The Kier molecular flexibility index (Phi) is 3.55. The quantitative estimate of drug-likeness (QED) is 0.903. The summed E-state index contributed by atoms with van der Waals surface area (Å²) in [7, 11) is 0. The molecule has 5 heteroatoms. The molecule has 2 aliphatic rings. The number of ether oxygens (including phenoxy) is 2. The fourth-order valence-corrected chi connectivity index (χ4v) is 3.23. The highest BCUT2D eigenvalue weighted by molar-refractivity contribution is 8.14. The van der Waals surface area contributed by atoms with Gasteiger partial charge in [-0.1, -0.05) is 25.6 Å². The Morgan fingerprint density at radius 3 is 2.79 bits per heavy atom. The van der Waals surface area contributed by atoms with Crippen LogP contribution in [0.4, 0.5) is 5.69 Å². The van der Waals surface area contributed by atoms with E-state index in [0.29, 0.717) is 25.2 Å². The lowest BCUT2D eigenvalue weighted by Crippen LogP contribution is -2.15. The molecule has 0 saturated heterocycles.